The fourth-order valence-corrected chi connectivity index (χ4v) is 2.84. The van der Waals surface area contributed by atoms with Gasteiger partial charge in [0.1, 0.15) is 5.75 Å². The van der Waals surface area contributed by atoms with E-state index in [2.05, 4.69) is 10.3 Å². The average Bonchev–Trinajstić information content (AvgIpc) is 2.68. The summed E-state index contributed by atoms with van der Waals surface area (Å²) in [5, 5.41) is 2.94. The van der Waals surface area contributed by atoms with Gasteiger partial charge < -0.3 is 10.1 Å². The number of nitrogens with zero attached hydrogens (tertiary/aromatic N) is 1. The SMILES string of the molecule is CC[C@@H](Oc1cccc(C)c1)C(=O)Nc1ccc(Cc2ccncc2)cc1. The lowest BCUT2D eigenvalue weighted by atomic mass is 10.1. The summed E-state index contributed by atoms with van der Waals surface area (Å²) in [5.74, 6) is 0.575. The molecule has 2 aromatic carbocycles. The van der Waals surface area contributed by atoms with Crippen LogP contribution in [0.5, 0.6) is 5.75 Å². The van der Waals surface area contributed by atoms with Gasteiger partial charge in [0.2, 0.25) is 0 Å². The molecule has 0 saturated carbocycles. The molecule has 0 aliphatic carbocycles. The zero-order chi connectivity index (χ0) is 19.1. The summed E-state index contributed by atoms with van der Waals surface area (Å²) in [6.07, 6.45) is 4.50. The van der Waals surface area contributed by atoms with Crippen LogP contribution in [-0.2, 0) is 11.2 Å². The highest BCUT2D eigenvalue weighted by atomic mass is 16.5. The van der Waals surface area contributed by atoms with Crippen molar-refractivity contribution in [2.75, 3.05) is 5.32 Å². The third-order valence-electron chi connectivity index (χ3n) is 4.31. The van der Waals surface area contributed by atoms with E-state index in [1.165, 1.54) is 11.1 Å². The van der Waals surface area contributed by atoms with Crippen LogP contribution in [0.4, 0.5) is 5.69 Å². The Morgan fingerprint density at radius 1 is 1.04 bits per heavy atom. The van der Waals surface area contributed by atoms with Crippen molar-refractivity contribution in [2.45, 2.75) is 32.8 Å². The standard InChI is InChI=1S/C23H24N2O2/c1-3-22(27-21-6-4-5-17(2)15-21)23(26)25-20-9-7-18(8-10-20)16-19-11-13-24-14-12-19/h4-15,22H,3,16H2,1-2H3,(H,25,26)/t22-/m1/s1. The number of rotatable bonds is 7. The number of benzene rings is 2. The monoisotopic (exact) mass is 360 g/mol. The molecule has 1 amide bonds. The van der Waals surface area contributed by atoms with Crippen LogP contribution in [-0.4, -0.2) is 17.0 Å². The van der Waals surface area contributed by atoms with Crippen LogP contribution in [0.2, 0.25) is 0 Å². The van der Waals surface area contributed by atoms with Gasteiger partial charge in [-0.1, -0.05) is 31.2 Å². The Labute approximate surface area is 160 Å². The highest BCUT2D eigenvalue weighted by Gasteiger charge is 2.18. The fourth-order valence-electron chi connectivity index (χ4n) is 2.84. The molecule has 1 aromatic heterocycles. The maximum atomic E-state index is 12.6. The summed E-state index contributed by atoms with van der Waals surface area (Å²) in [5.41, 5.74) is 4.26. The van der Waals surface area contributed by atoms with Gasteiger partial charge in [-0.05, 0) is 72.9 Å². The van der Waals surface area contributed by atoms with Crippen LogP contribution >= 0.6 is 0 Å². The Kier molecular flexibility index (Phi) is 6.21. The lowest BCUT2D eigenvalue weighted by Gasteiger charge is -2.17. The molecule has 0 unspecified atom stereocenters. The molecule has 0 aliphatic heterocycles. The van der Waals surface area contributed by atoms with E-state index >= 15 is 0 Å². The second-order valence-corrected chi connectivity index (χ2v) is 6.55. The van der Waals surface area contributed by atoms with Crippen LogP contribution in [0.15, 0.2) is 73.1 Å². The normalized spacial score (nSPS) is 11.6. The molecule has 0 radical (unpaired) electrons. The number of hydrogen-bond donors (Lipinski definition) is 1. The molecule has 0 bridgehead atoms. The maximum Gasteiger partial charge on any atom is 0.265 e. The Hall–Kier alpha value is -3.14. The molecular weight excluding hydrogens is 336 g/mol. The Balaban J connectivity index is 1.60. The predicted molar refractivity (Wildman–Crippen MR) is 108 cm³/mol. The molecule has 4 heteroatoms. The number of hydrogen-bond acceptors (Lipinski definition) is 3. The molecule has 1 atom stereocenters. The lowest BCUT2D eigenvalue weighted by molar-refractivity contribution is -0.122. The number of carbonyl (C=O) groups excluding carboxylic acids is 1. The van der Waals surface area contributed by atoms with Crippen molar-refractivity contribution in [3.63, 3.8) is 0 Å². The molecule has 1 heterocycles. The minimum atomic E-state index is -0.525. The van der Waals surface area contributed by atoms with Gasteiger partial charge in [0.05, 0.1) is 0 Å². The van der Waals surface area contributed by atoms with Crippen molar-refractivity contribution < 1.29 is 9.53 Å². The zero-order valence-electron chi connectivity index (χ0n) is 15.7. The molecule has 0 fully saturated rings. The number of ether oxygens (including phenoxy) is 1. The first kappa shape index (κ1) is 18.6. The number of nitrogens with one attached hydrogen (secondary N) is 1. The van der Waals surface area contributed by atoms with Gasteiger partial charge in [-0.15, -0.1) is 0 Å². The number of carbonyl (C=O) groups is 1. The Morgan fingerprint density at radius 2 is 1.74 bits per heavy atom. The molecular formula is C23H24N2O2. The van der Waals surface area contributed by atoms with Gasteiger partial charge in [-0.3, -0.25) is 9.78 Å². The first-order chi connectivity index (χ1) is 13.1. The van der Waals surface area contributed by atoms with Crippen LogP contribution < -0.4 is 10.1 Å². The summed E-state index contributed by atoms with van der Waals surface area (Å²) in [7, 11) is 0. The van der Waals surface area contributed by atoms with Crippen LogP contribution in [0.25, 0.3) is 0 Å². The van der Waals surface area contributed by atoms with Crippen LogP contribution in [0.1, 0.15) is 30.0 Å². The van der Waals surface area contributed by atoms with Gasteiger partial charge >= 0.3 is 0 Å². The summed E-state index contributed by atoms with van der Waals surface area (Å²) < 4.78 is 5.86. The van der Waals surface area contributed by atoms with Crippen LogP contribution in [0, 0.1) is 6.92 Å². The second kappa shape index (κ2) is 8.99. The minimum Gasteiger partial charge on any atom is -0.481 e. The Bertz CT molecular complexity index is 876. The quantitative estimate of drug-likeness (QED) is 0.660. The van der Waals surface area contributed by atoms with E-state index in [9.17, 15) is 4.79 Å². The first-order valence-corrected chi connectivity index (χ1v) is 9.16. The number of aromatic nitrogens is 1. The first-order valence-electron chi connectivity index (χ1n) is 9.16. The summed E-state index contributed by atoms with van der Waals surface area (Å²) >= 11 is 0. The van der Waals surface area contributed by atoms with Crippen molar-refractivity contribution in [1.82, 2.24) is 4.98 Å². The topological polar surface area (TPSA) is 51.2 Å². The molecule has 3 rings (SSSR count). The van der Waals surface area contributed by atoms with E-state index in [1.807, 2.05) is 74.5 Å². The second-order valence-electron chi connectivity index (χ2n) is 6.55. The number of pyridine rings is 1. The number of amides is 1. The number of aryl methyl sites for hydroxylation is 1. The van der Waals surface area contributed by atoms with Crippen molar-refractivity contribution in [3.05, 3.63) is 89.7 Å². The molecule has 3 aromatic rings. The molecule has 0 spiro atoms. The van der Waals surface area contributed by atoms with Gasteiger partial charge in [0.15, 0.2) is 6.10 Å². The number of anilines is 1. The van der Waals surface area contributed by atoms with Crippen molar-refractivity contribution in [2.24, 2.45) is 0 Å². The summed E-state index contributed by atoms with van der Waals surface area (Å²) in [6, 6.07) is 19.6. The summed E-state index contributed by atoms with van der Waals surface area (Å²) in [4.78, 5) is 16.6. The van der Waals surface area contributed by atoms with Crippen molar-refractivity contribution in [1.29, 1.82) is 0 Å². The Morgan fingerprint density at radius 3 is 2.41 bits per heavy atom. The lowest BCUT2D eigenvalue weighted by Crippen LogP contribution is -2.32. The van der Waals surface area contributed by atoms with E-state index in [0.717, 1.165) is 17.7 Å². The molecule has 4 nitrogen and oxygen atoms in total. The molecule has 27 heavy (non-hydrogen) atoms. The largest absolute Gasteiger partial charge is 0.481 e. The van der Waals surface area contributed by atoms with Gasteiger partial charge in [0, 0.05) is 18.1 Å². The van der Waals surface area contributed by atoms with E-state index in [0.29, 0.717) is 12.2 Å². The average molecular weight is 360 g/mol. The van der Waals surface area contributed by atoms with E-state index < -0.39 is 6.10 Å². The molecule has 138 valence electrons. The summed E-state index contributed by atoms with van der Waals surface area (Å²) in [6.45, 7) is 3.94. The van der Waals surface area contributed by atoms with Crippen LogP contribution in [0.3, 0.4) is 0 Å². The van der Waals surface area contributed by atoms with Gasteiger partial charge in [-0.2, -0.15) is 0 Å². The predicted octanol–water partition coefficient (Wildman–Crippen LogP) is 4.78. The van der Waals surface area contributed by atoms with Crippen molar-refractivity contribution in [3.8, 4) is 5.75 Å². The third kappa shape index (κ3) is 5.42. The smallest absolute Gasteiger partial charge is 0.265 e. The molecule has 0 aliphatic rings. The molecule has 1 N–H and O–H groups in total. The third-order valence-corrected chi connectivity index (χ3v) is 4.31. The van der Waals surface area contributed by atoms with E-state index in [-0.39, 0.29) is 5.91 Å². The van der Waals surface area contributed by atoms with E-state index in [1.54, 1.807) is 12.4 Å². The maximum absolute atomic E-state index is 12.6. The zero-order valence-corrected chi connectivity index (χ0v) is 15.7. The van der Waals surface area contributed by atoms with E-state index in [4.69, 9.17) is 4.74 Å². The van der Waals surface area contributed by atoms with Gasteiger partial charge in [-0.25, -0.2) is 0 Å². The highest BCUT2D eigenvalue weighted by Crippen LogP contribution is 2.18. The highest BCUT2D eigenvalue weighted by molar-refractivity contribution is 5.94. The van der Waals surface area contributed by atoms with Gasteiger partial charge in [0.25, 0.3) is 5.91 Å². The molecule has 0 saturated heterocycles. The minimum absolute atomic E-state index is 0.138. The van der Waals surface area contributed by atoms with Crippen molar-refractivity contribution >= 4 is 11.6 Å². The fraction of sp³-hybridized carbons (Fsp3) is 0.217.